The minimum Gasteiger partial charge on any atom is -0.383 e. The number of aromatic amines is 1. The molecule has 1 saturated carbocycles. The molecule has 16 heavy (non-hydrogen) atoms. The molecule has 0 radical (unpaired) electrons. The van der Waals surface area contributed by atoms with Crippen LogP contribution < -0.4 is 10.9 Å². The molecule has 1 aromatic rings. The van der Waals surface area contributed by atoms with E-state index in [1.807, 2.05) is 0 Å². The Balaban J connectivity index is 1.81. The number of nitrogens with one attached hydrogen (secondary N) is 2. The average molecular weight is 221 g/mol. The Bertz CT molecular complexity index is 380. The zero-order valence-electron chi connectivity index (χ0n) is 9.70. The fourth-order valence-electron chi connectivity index (χ4n) is 2.27. The summed E-state index contributed by atoms with van der Waals surface area (Å²) in [5.74, 6) is 1.63. The Labute approximate surface area is 95.5 Å². The molecule has 1 aliphatic rings. The molecule has 4 nitrogen and oxygen atoms in total. The van der Waals surface area contributed by atoms with Crippen molar-refractivity contribution in [2.45, 2.75) is 32.6 Å². The number of anilines is 1. The second-order valence-corrected chi connectivity index (χ2v) is 4.84. The number of aromatic nitrogens is 2. The lowest BCUT2D eigenvalue weighted by atomic mass is 9.83. The summed E-state index contributed by atoms with van der Waals surface area (Å²) in [6, 6.07) is 1.55. The second-order valence-electron chi connectivity index (χ2n) is 4.84. The van der Waals surface area contributed by atoms with Gasteiger partial charge in [-0.05, 0) is 24.7 Å². The zero-order valence-corrected chi connectivity index (χ0v) is 9.70. The molecule has 0 atom stereocenters. The first kappa shape index (κ1) is 11.2. The van der Waals surface area contributed by atoms with E-state index in [4.69, 9.17) is 0 Å². The van der Waals surface area contributed by atoms with Crippen LogP contribution >= 0.6 is 0 Å². The maximum Gasteiger partial charge on any atom is 0.266 e. The Morgan fingerprint density at radius 3 is 2.88 bits per heavy atom. The number of hydrogen-bond acceptors (Lipinski definition) is 3. The number of rotatable bonds is 3. The maximum absolute atomic E-state index is 11.0. The van der Waals surface area contributed by atoms with Crippen LogP contribution in [0.2, 0.25) is 0 Å². The largest absolute Gasteiger partial charge is 0.383 e. The average Bonchev–Trinajstić information content (AvgIpc) is 2.28. The SMILES string of the molecule is CC1CCC(CNc2cn[nH]c(=O)c2)CC1. The molecule has 0 spiro atoms. The molecule has 88 valence electrons. The highest BCUT2D eigenvalue weighted by Crippen LogP contribution is 2.28. The summed E-state index contributed by atoms with van der Waals surface area (Å²) < 4.78 is 0. The Morgan fingerprint density at radius 1 is 1.44 bits per heavy atom. The van der Waals surface area contributed by atoms with Crippen molar-refractivity contribution >= 4 is 5.69 Å². The summed E-state index contributed by atoms with van der Waals surface area (Å²) in [5.41, 5.74) is 0.671. The lowest BCUT2D eigenvalue weighted by Gasteiger charge is -2.26. The molecule has 0 aromatic carbocycles. The summed E-state index contributed by atoms with van der Waals surface area (Å²) >= 11 is 0. The first-order valence-electron chi connectivity index (χ1n) is 6.02. The van der Waals surface area contributed by atoms with Gasteiger partial charge < -0.3 is 5.32 Å². The maximum atomic E-state index is 11.0. The molecule has 1 fully saturated rings. The number of nitrogens with zero attached hydrogens (tertiary/aromatic N) is 1. The highest BCUT2D eigenvalue weighted by atomic mass is 16.1. The zero-order chi connectivity index (χ0) is 11.4. The molecule has 1 heterocycles. The van der Waals surface area contributed by atoms with Gasteiger partial charge in [-0.25, -0.2) is 5.10 Å². The third-order valence-corrected chi connectivity index (χ3v) is 3.40. The third kappa shape index (κ3) is 3.08. The van der Waals surface area contributed by atoms with E-state index in [1.165, 1.54) is 25.7 Å². The van der Waals surface area contributed by atoms with Crippen LogP contribution in [0, 0.1) is 11.8 Å². The van der Waals surface area contributed by atoms with Gasteiger partial charge in [0.1, 0.15) is 0 Å². The van der Waals surface area contributed by atoms with Crippen LogP contribution in [0.25, 0.3) is 0 Å². The summed E-state index contributed by atoms with van der Waals surface area (Å²) in [5, 5.41) is 9.42. The molecule has 1 aromatic heterocycles. The summed E-state index contributed by atoms with van der Waals surface area (Å²) in [6.07, 6.45) is 6.92. The van der Waals surface area contributed by atoms with E-state index >= 15 is 0 Å². The lowest BCUT2D eigenvalue weighted by molar-refractivity contribution is 0.300. The molecular weight excluding hydrogens is 202 g/mol. The van der Waals surface area contributed by atoms with Crippen molar-refractivity contribution in [1.82, 2.24) is 10.2 Å². The van der Waals surface area contributed by atoms with Gasteiger partial charge in [0.15, 0.2) is 0 Å². The van der Waals surface area contributed by atoms with Crippen LogP contribution in [0.15, 0.2) is 17.1 Å². The first-order chi connectivity index (χ1) is 7.74. The van der Waals surface area contributed by atoms with Crippen LogP contribution in [-0.4, -0.2) is 16.7 Å². The Morgan fingerprint density at radius 2 is 2.19 bits per heavy atom. The lowest BCUT2D eigenvalue weighted by Crippen LogP contribution is -2.21. The van der Waals surface area contributed by atoms with Gasteiger partial charge in [-0.1, -0.05) is 19.8 Å². The van der Waals surface area contributed by atoms with Gasteiger partial charge in [0.25, 0.3) is 5.56 Å². The van der Waals surface area contributed by atoms with Gasteiger partial charge >= 0.3 is 0 Å². The van der Waals surface area contributed by atoms with Crippen molar-refractivity contribution in [2.75, 3.05) is 11.9 Å². The van der Waals surface area contributed by atoms with Crippen molar-refractivity contribution in [3.05, 3.63) is 22.6 Å². The molecule has 0 aliphatic heterocycles. The van der Waals surface area contributed by atoms with Gasteiger partial charge in [0, 0.05) is 12.6 Å². The molecule has 0 unspecified atom stereocenters. The molecule has 0 amide bonds. The highest BCUT2D eigenvalue weighted by molar-refractivity contribution is 5.38. The standard InChI is InChI=1S/C12H19N3O/c1-9-2-4-10(5-3-9)7-13-11-6-12(16)15-14-8-11/h6,8-10H,2-5,7H2,1H3,(H2,13,15,16). The molecule has 2 N–H and O–H groups in total. The van der Waals surface area contributed by atoms with Crippen molar-refractivity contribution in [3.63, 3.8) is 0 Å². The predicted molar refractivity (Wildman–Crippen MR) is 64.5 cm³/mol. The van der Waals surface area contributed by atoms with Crippen LogP contribution in [0.1, 0.15) is 32.6 Å². The van der Waals surface area contributed by atoms with Crippen LogP contribution in [0.4, 0.5) is 5.69 Å². The van der Waals surface area contributed by atoms with Crippen molar-refractivity contribution in [3.8, 4) is 0 Å². The van der Waals surface area contributed by atoms with Gasteiger partial charge in [0.2, 0.25) is 0 Å². The Kier molecular flexibility index (Phi) is 3.59. The van der Waals surface area contributed by atoms with Crippen molar-refractivity contribution in [1.29, 1.82) is 0 Å². The van der Waals surface area contributed by atoms with E-state index in [2.05, 4.69) is 22.4 Å². The van der Waals surface area contributed by atoms with E-state index in [-0.39, 0.29) is 5.56 Å². The topological polar surface area (TPSA) is 57.8 Å². The normalized spacial score (nSPS) is 25.3. The monoisotopic (exact) mass is 221 g/mol. The minimum absolute atomic E-state index is 0.151. The van der Waals surface area contributed by atoms with E-state index in [9.17, 15) is 4.79 Å². The fraction of sp³-hybridized carbons (Fsp3) is 0.667. The third-order valence-electron chi connectivity index (χ3n) is 3.40. The molecule has 4 heteroatoms. The second kappa shape index (κ2) is 5.14. The van der Waals surface area contributed by atoms with Gasteiger partial charge in [-0.3, -0.25) is 4.79 Å². The van der Waals surface area contributed by atoms with Crippen LogP contribution in [0.3, 0.4) is 0 Å². The number of hydrogen-bond donors (Lipinski definition) is 2. The van der Waals surface area contributed by atoms with Crippen molar-refractivity contribution in [2.24, 2.45) is 11.8 Å². The van der Waals surface area contributed by atoms with E-state index in [0.29, 0.717) is 0 Å². The molecule has 1 aliphatic carbocycles. The summed E-state index contributed by atoms with van der Waals surface area (Å²) in [4.78, 5) is 11.0. The van der Waals surface area contributed by atoms with Gasteiger partial charge in [-0.2, -0.15) is 5.10 Å². The van der Waals surface area contributed by atoms with Crippen LogP contribution in [0.5, 0.6) is 0 Å². The number of H-pyrrole nitrogens is 1. The summed E-state index contributed by atoms with van der Waals surface area (Å²) in [7, 11) is 0. The highest BCUT2D eigenvalue weighted by Gasteiger charge is 2.17. The van der Waals surface area contributed by atoms with E-state index in [0.717, 1.165) is 24.1 Å². The van der Waals surface area contributed by atoms with Gasteiger partial charge in [0.05, 0.1) is 11.9 Å². The Hall–Kier alpha value is -1.32. The molecule has 0 bridgehead atoms. The predicted octanol–water partition coefficient (Wildman–Crippen LogP) is 2.01. The first-order valence-corrected chi connectivity index (χ1v) is 6.02. The smallest absolute Gasteiger partial charge is 0.266 e. The molecular formula is C12H19N3O. The van der Waals surface area contributed by atoms with Crippen molar-refractivity contribution < 1.29 is 0 Å². The van der Waals surface area contributed by atoms with Crippen LogP contribution in [-0.2, 0) is 0 Å². The fourth-order valence-corrected chi connectivity index (χ4v) is 2.27. The molecule has 2 rings (SSSR count). The van der Waals surface area contributed by atoms with Gasteiger partial charge in [-0.15, -0.1) is 0 Å². The quantitative estimate of drug-likeness (QED) is 0.820. The molecule has 0 saturated heterocycles. The van der Waals surface area contributed by atoms with E-state index < -0.39 is 0 Å². The summed E-state index contributed by atoms with van der Waals surface area (Å²) in [6.45, 7) is 3.28. The van der Waals surface area contributed by atoms with E-state index in [1.54, 1.807) is 12.3 Å². The minimum atomic E-state index is -0.151.